The predicted molar refractivity (Wildman–Crippen MR) is 129 cm³/mol. The highest BCUT2D eigenvalue weighted by Gasteiger charge is 2.44. The fourth-order valence-electron chi connectivity index (χ4n) is 3.79. The second kappa shape index (κ2) is 10.9. The van der Waals surface area contributed by atoms with Gasteiger partial charge < -0.3 is 15.1 Å². The summed E-state index contributed by atoms with van der Waals surface area (Å²) >= 11 is 2.02. The number of guanidine groups is 1. The standard InChI is InChI=1S/C21H34N4S.HI/c1-4-24(5-2)15-18-11-14-25(16-18)20(22-3)23-17-21(12-13-21)26-19-9-7-6-8-10-19;/h6-10,18H,4-5,11-17H2,1-3H3,(H,22,23);1H. The highest BCUT2D eigenvalue weighted by Crippen LogP contribution is 2.51. The van der Waals surface area contributed by atoms with Gasteiger partial charge in [-0.25, -0.2) is 0 Å². The second-order valence-electron chi connectivity index (χ2n) is 7.59. The summed E-state index contributed by atoms with van der Waals surface area (Å²) in [6.07, 6.45) is 3.86. The first-order valence-electron chi connectivity index (χ1n) is 10.1. The van der Waals surface area contributed by atoms with Gasteiger partial charge in [0.1, 0.15) is 0 Å². The minimum absolute atomic E-state index is 0. The molecule has 152 valence electrons. The average Bonchev–Trinajstić information content (AvgIpc) is 3.27. The van der Waals surface area contributed by atoms with Gasteiger partial charge in [-0.2, -0.15) is 0 Å². The van der Waals surface area contributed by atoms with Crippen LogP contribution in [0.4, 0.5) is 0 Å². The van der Waals surface area contributed by atoms with Crippen molar-refractivity contribution in [1.29, 1.82) is 0 Å². The van der Waals surface area contributed by atoms with Crippen LogP contribution in [0.3, 0.4) is 0 Å². The van der Waals surface area contributed by atoms with Crippen LogP contribution in [0.25, 0.3) is 0 Å². The van der Waals surface area contributed by atoms with Crippen molar-refractivity contribution >= 4 is 41.7 Å². The maximum atomic E-state index is 4.57. The summed E-state index contributed by atoms with van der Waals surface area (Å²) in [5.74, 6) is 1.86. The molecule has 1 saturated carbocycles. The average molecular weight is 503 g/mol. The van der Waals surface area contributed by atoms with Gasteiger partial charge in [0.05, 0.1) is 0 Å². The van der Waals surface area contributed by atoms with Gasteiger partial charge in [-0.15, -0.1) is 35.7 Å². The van der Waals surface area contributed by atoms with Gasteiger partial charge in [0.2, 0.25) is 0 Å². The molecule has 1 N–H and O–H groups in total. The molecule has 1 heterocycles. The van der Waals surface area contributed by atoms with Crippen molar-refractivity contribution in [3.63, 3.8) is 0 Å². The van der Waals surface area contributed by atoms with Crippen molar-refractivity contribution in [2.45, 2.75) is 42.8 Å². The summed E-state index contributed by atoms with van der Waals surface area (Å²) in [6, 6.07) is 10.8. The normalized spacial score (nSPS) is 21.3. The van der Waals surface area contributed by atoms with Gasteiger partial charge in [0, 0.05) is 42.9 Å². The van der Waals surface area contributed by atoms with Gasteiger partial charge in [0.25, 0.3) is 0 Å². The Balaban J connectivity index is 0.00000261. The zero-order chi connectivity index (χ0) is 18.4. The number of aliphatic imine (C=N–C) groups is 1. The third kappa shape index (κ3) is 6.53. The predicted octanol–water partition coefficient (Wildman–Crippen LogP) is 4.17. The molecule has 1 unspecified atom stereocenters. The number of nitrogens with one attached hydrogen (secondary N) is 1. The van der Waals surface area contributed by atoms with E-state index in [-0.39, 0.29) is 24.0 Å². The molecule has 1 aromatic carbocycles. The van der Waals surface area contributed by atoms with Crippen molar-refractivity contribution in [3.05, 3.63) is 30.3 Å². The monoisotopic (exact) mass is 502 g/mol. The Morgan fingerprint density at radius 1 is 1.26 bits per heavy atom. The first kappa shape index (κ1) is 22.8. The molecule has 1 saturated heterocycles. The Bertz CT molecular complexity index is 587. The first-order chi connectivity index (χ1) is 12.7. The summed E-state index contributed by atoms with van der Waals surface area (Å²) in [6.45, 7) is 11.3. The van der Waals surface area contributed by atoms with Gasteiger partial charge in [-0.3, -0.25) is 4.99 Å². The fourth-order valence-corrected chi connectivity index (χ4v) is 5.03. The summed E-state index contributed by atoms with van der Waals surface area (Å²) in [4.78, 5) is 10.9. The Hall–Kier alpha value is -0.470. The maximum Gasteiger partial charge on any atom is 0.193 e. The lowest BCUT2D eigenvalue weighted by Crippen LogP contribution is -2.43. The molecule has 27 heavy (non-hydrogen) atoms. The smallest absolute Gasteiger partial charge is 0.193 e. The van der Waals surface area contributed by atoms with Crippen LogP contribution in [-0.4, -0.2) is 66.8 Å². The Labute approximate surface area is 186 Å². The summed E-state index contributed by atoms with van der Waals surface area (Å²) in [5, 5.41) is 3.68. The summed E-state index contributed by atoms with van der Waals surface area (Å²) < 4.78 is 0.359. The lowest BCUT2D eigenvalue weighted by molar-refractivity contribution is 0.255. The lowest BCUT2D eigenvalue weighted by Gasteiger charge is -2.25. The Kier molecular flexibility index (Phi) is 9.22. The van der Waals surface area contributed by atoms with Crippen LogP contribution in [0.5, 0.6) is 0 Å². The lowest BCUT2D eigenvalue weighted by atomic mass is 10.1. The maximum absolute atomic E-state index is 4.57. The fraction of sp³-hybridized carbons (Fsp3) is 0.667. The molecule has 0 spiro atoms. The molecule has 2 aliphatic rings. The van der Waals surface area contributed by atoms with E-state index in [1.165, 1.54) is 30.7 Å². The van der Waals surface area contributed by atoms with Crippen molar-refractivity contribution in [2.24, 2.45) is 10.9 Å². The van der Waals surface area contributed by atoms with E-state index in [2.05, 4.69) is 64.3 Å². The molecule has 0 bridgehead atoms. The van der Waals surface area contributed by atoms with Gasteiger partial charge in [-0.1, -0.05) is 32.0 Å². The van der Waals surface area contributed by atoms with Gasteiger partial charge in [-0.05, 0) is 50.4 Å². The molecule has 1 atom stereocenters. The van der Waals surface area contributed by atoms with Crippen LogP contribution in [0.1, 0.15) is 33.1 Å². The minimum Gasteiger partial charge on any atom is -0.355 e. The quantitative estimate of drug-likeness (QED) is 0.329. The largest absolute Gasteiger partial charge is 0.355 e. The van der Waals surface area contributed by atoms with E-state index in [0.29, 0.717) is 4.75 Å². The van der Waals surface area contributed by atoms with Crippen LogP contribution in [0, 0.1) is 5.92 Å². The molecule has 1 aliphatic carbocycles. The highest BCUT2D eigenvalue weighted by atomic mass is 127. The van der Waals surface area contributed by atoms with Crippen molar-refractivity contribution < 1.29 is 0 Å². The van der Waals surface area contributed by atoms with Crippen molar-refractivity contribution in [2.75, 3.05) is 46.3 Å². The summed E-state index contributed by atoms with van der Waals surface area (Å²) in [5.41, 5.74) is 0. The van der Waals surface area contributed by atoms with Crippen molar-refractivity contribution in [3.8, 4) is 0 Å². The number of benzene rings is 1. The minimum atomic E-state index is 0. The second-order valence-corrected chi connectivity index (χ2v) is 9.13. The number of likely N-dealkylation sites (tertiary alicyclic amines) is 1. The van der Waals surface area contributed by atoms with E-state index in [0.717, 1.165) is 44.6 Å². The molecule has 0 radical (unpaired) electrons. The molecule has 2 fully saturated rings. The molecule has 1 aromatic rings. The van der Waals surface area contributed by atoms with E-state index in [1.807, 2.05) is 18.8 Å². The van der Waals surface area contributed by atoms with E-state index < -0.39 is 0 Å². The zero-order valence-electron chi connectivity index (χ0n) is 17.0. The first-order valence-corrected chi connectivity index (χ1v) is 10.9. The number of thioether (sulfide) groups is 1. The molecule has 0 amide bonds. The number of nitrogens with zero attached hydrogens (tertiary/aromatic N) is 3. The summed E-state index contributed by atoms with van der Waals surface area (Å²) in [7, 11) is 1.92. The number of rotatable bonds is 8. The van der Waals surface area contributed by atoms with E-state index >= 15 is 0 Å². The molecule has 6 heteroatoms. The van der Waals surface area contributed by atoms with E-state index in [1.54, 1.807) is 0 Å². The molecule has 0 aromatic heterocycles. The van der Waals surface area contributed by atoms with Crippen LogP contribution in [0.15, 0.2) is 40.2 Å². The molecule has 1 aliphatic heterocycles. The molecular weight excluding hydrogens is 467 g/mol. The van der Waals surface area contributed by atoms with Crippen LogP contribution >= 0.6 is 35.7 Å². The van der Waals surface area contributed by atoms with Crippen LogP contribution < -0.4 is 5.32 Å². The van der Waals surface area contributed by atoms with Crippen LogP contribution in [0.2, 0.25) is 0 Å². The number of hydrogen-bond donors (Lipinski definition) is 1. The Morgan fingerprint density at radius 2 is 1.96 bits per heavy atom. The van der Waals surface area contributed by atoms with E-state index in [9.17, 15) is 0 Å². The number of hydrogen-bond acceptors (Lipinski definition) is 3. The third-order valence-corrected chi connectivity index (χ3v) is 7.16. The molecular formula is C21H35IN4S. The third-order valence-electron chi connectivity index (χ3n) is 5.66. The molecule has 3 rings (SSSR count). The van der Waals surface area contributed by atoms with Gasteiger partial charge in [0.15, 0.2) is 5.96 Å². The SMILES string of the molecule is CCN(CC)CC1CCN(C(=NC)NCC2(Sc3ccccc3)CC2)C1.I. The Morgan fingerprint density at radius 3 is 2.56 bits per heavy atom. The van der Waals surface area contributed by atoms with E-state index in [4.69, 9.17) is 0 Å². The van der Waals surface area contributed by atoms with Crippen molar-refractivity contribution in [1.82, 2.24) is 15.1 Å². The zero-order valence-corrected chi connectivity index (χ0v) is 20.1. The highest BCUT2D eigenvalue weighted by molar-refractivity contribution is 14.0. The topological polar surface area (TPSA) is 30.9 Å². The van der Waals surface area contributed by atoms with Gasteiger partial charge >= 0.3 is 0 Å². The molecule has 4 nitrogen and oxygen atoms in total. The number of halogens is 1. The van der Waals surface area contributed by atoms with Crippen LogP contribution in [-0.2, 0) is 0 Å².